The van der Waals surface area contributed by atoms with Gasteiger partial charge < -0.3 is 20.3 Å². The number of carbonyl (C=O) groups excluding carboxylic acids is 1. The Balaban J connectivity index is 1.25. The molecular formula is C37H40ClF2N7O2S. The summed E-state index contributed by atoms with van der Waals surface area (Å²) in [4.78, 5) is 29.0. The van der Waals surface area contributed by atoms with Crippen molar-refractivity contribution in [2.75, 3.05) is 56.5 Å². The molecule has 4 aliphatic rings. The van der Waals surface area contributed by atoms with Crippen LogP contribution in [0.2, 0.25) is 5.02 Å². The Labute approximate surface area is 298 Å². The number of carbonyl (C=O) groups is 1. The van der Waals surface area contributed by atoms with E-state index in [0.29, 0.717) is 50.4 Å². The van der Waals surface area contributed by atoms with E-state index in [0.717, 1.165) is 75.8 Å². The van der Waals surface area contributed by atoms with Crippen molar-refractivity contribution >= 4 is 60.7 Å². The number of hydrogen-bond donors (Lipinski definition) is 1. The highest BCUT2D eigenvalue weighted by molar-refractivity contribution is 7.23. The molecule has 0 atom stereocenters. The summed E-state index contributed by atoms with van der Waals surface area (Å²) < 4.78 is 38.8. The van der Waals surface area contributed by atoms with E-state index in [4.69, 9.17) is 32.0 Å². The van der Waals surface area contributed by atoms with Crippen LogP contribution in [0.25, 0.3) is 32.1 Å². The molecule has 0 bridgehead atoms. The number of halogens is 3. The van der Waals surface area contributed by atoms with Crippen LogP contribution in [0.15, 0.2) is 18.2 Å². The van der Waals surface area contributed by atoms with Crippen molar-refractivity contribution in [1.82, 2.24) is 19.8 Å². The first kappa shape index (κ1) is 33.4. The highest BCUT2D eigenvalue weighted by Crippen LogP contribution is 2.47. The lowest BCUT2D eigenvalue weighted by atomic mass is 9.75. The molecule has 0 radical (unpaired) electrons. The summed E-state index contributed by atoms with van der Waals surface area (Å²) in [5.74, 6) is -0.514. The second kappa shape index (κ2) is 12.8. The first-order valence-corrected chi connectivity index (χ1v) is 18.9. The molecule has 4 saturated heterocycles. The number of ether oxygens (including phenoxy) is 1. The molecular weight excluding hydrogens is 680 g/mol. The Morgan fingerprint density at radius 1 is 1.10 bits per heavy atom. The van der Waals surface area contributed by atoms with Gasteiger partial charge in [-0.2, -0.15) is 15.2 Å². The summed E-state index contributed by atoms with van der Waals surface area (Å²) in [5.41, 5.74) is 6.38. The maximum Gasteiger partial charge on any atom is 0.319 e. The van der Waals surface area contributed by atoms with E-state index in [9.17, 15) is 14.4 Å². The predicted molar refractivity (Wildman–Crippen MR) is 193 cm³/mol. The van der Waals surface area contributed by atoms with E-state index in [1.165, 1.54) is 12.1 Å². The van der Waals surface area contributed by atoms with Gasteiger partial charge in [0.2, 0.25) is 5.91 Å². The van der Waals surface area contributed by atoms with Gasteiger partial charge in [-0.1, -0.05) is 31.0 Å². The van der Waals surface area contributed by atoms with Crippen molar-refractivity contribution < 1.29 is 18.3 Å². The Hall–Kier alpha value is -3.79. The number of rotatable bonds is 7. The van der Waals surface area contributed by atoms with Gasteiger partial charge in [0.25, 0.3) is 0 Å². The zero-order chi connectivity index (χ0) is 34.8. The number of nitrogen functional groups attached to an aromatic ring is 1. The fourth-order valence-electron chi connectivity index (χ4n) is 9.00. The van der Waals surface area contributed by atoms with Gasteiger partial charge in [-0.15, -0.1) is 11.3 Å². The summed E-state index contributed by atoms with van der Waals surface area (Å²) in [5, 5.41) is 10.8. The zero-order valence-electron chi connectivity index (χ0n) is 28.2. The van der Waals surface area contributed by atoms with Crippen molar-refractivity contribution in [2.45, 2.75) is 70.3 Å². The molecule has 4 aromatic rings. The van der Waals surface area contributed by atoms with Crippen molar-refractivity contribution in [3.8, 4) is 23.2 Å². The number of likely N-dealkylation sites (tertiary alicyclic amines) is 1. The van der Waals surface area contributed by atoms with Gasteiger partial charge in [0.1, 0.15) is 34.8 Å². The van der Waals surface area contributed by atoms with Crippen LogP contribution >= 0.6 is 22.9 Å². The number of thiophene rings is 1. The average molecular weight is 720 g/mol. The van der Waals surface area contributed by atoms with E-state index >= 15 is 4.39 Å². The van der Waals surface area contributed by atoms with Gasteiger partial charge in [0, 0.05) is 54.4 Å². The fourth-order valence-corrected chi connectivity index (χ4v) is 10.2. The second-order valence-corrected chi connectivity index (χ2v) is 16.1. The summed E-state index contributed by atoms with van der Waals surface area (Å²) in [7, 11) is 0. The van der Waals surface area contributed by atoms with Crippen molar-refractivity contribution in [3.05, 3.63) is 40.4 Å². The summed E-state index contributed by atoms with van der Waals surface area (Å²) in [6.07, 6.45) is 8.59. The number of hydrogen-bond acceptors (Lipinski definition) is 9. The minimum atomic E-state index is -0.700. The number of anilines is 2. The highest BCUT2D eigenvalue weighted by atomic mass is 35.5. The van der Waals surface area contributed by atoms with Crippen LogP contribution in [0.4, 0.5) is 19.6 Å². The SMILES string of the molecule is CCCC(=O)N1CC2(CCCCN(c3nc(OCC45CCCN4CCC5)nc4c(F)c(-c5ccc(F)c6sc(N)c(C#N)c56)c(Cl)cc34)C2)C1. The quantitative estimate of drug-likeness (QED) is 0.209. The monoisotopic (exact) mass is 719 g/mol. The molecule has 8 rings (SSSR count). The molecule has 4 aliphatic heterocycles. The van der Waals surface area contributed by atoms with Gasteiger partial charge in [-0.05, 0) is 75.7 Å². The number of nitrogens with two attached hydrogens (primary N) is 1. The normalized spacial score (nSPS) is 19.9. The number of fused-ring (bicyclic) bond motifs is 3. The lowest BCUT2D eigenvalue weighted by Gasteiger charge is -2.51. The third-order valence-corrected chi connectivity index (χ3v) is 12.7. The highest BCUT2D eigenvalue weighted by Gasteiger charge is 2.47. The topological polar surface area (TPSA) is 112 Å². The molecule has 4 fully saturated rings. The standard InChI is InChI=1S/C37H40ClF2N7O2S/c1-2-7-27(48)46-19-36(20-46)10-3-4-13-45(18-36)34-23-16-25(38)29(22-8-9-26(39)32-28(22)24(17-41)33(42)50-32)30(40)31(23)43-35(44-34)49-21-37-11-5-14-47(37)15-6-12-37/h8-9,16H,2-7,10-15,18-21,42H2,1H3. The fraction of sp³-hybridized carbons (Fsp3) is 0.514. The molecule has 9 nitrogen and oxygen atoms in total. The molecule has 50 heavy (non-hydrogen) atoms. The Bertz CT molecular complexity index is 2050. The van der Waals surface area contributed by atoms with Crippen LogP contribution in [0.3, 0.4) is 0 Å². The van der Waals surface area contributed by atoms with Crippen LogP contribution in [-0.2, 0) is 4.79 Å². The molecule has 2 aromatic carbocycles. The Kier molecular flexibility index (Phi) is 8.51. The van der Waals surface area contributed by atoms with Gasteiger partial charge in [0.15, 0.2) is 5.82 Å². The molecule has 6 heterocycles. The van der Waals surface area contributed by atoms with Gasteiger partial charge in [-0.25, -0.2) is 8.78 Å². The van der Waals surface area contributed by atoms with Crippen molar-refractivity contribution in [2.24, 2.45) is 5.41 Å². The first-order valence-electron chi connectivity index (χ1n) is 17.7. The van der Waals surface area contributed by atoms with Gasteiger partial charge in [0.05, 0.1) is 20.8 Å². The van der Waals surface area contributed by atoms with E-state index in [1.54, 1.807) is 6.07 Å². The van der Waals surface area contributed by atoms with E-state index in [-0.39, 0.29) is 65.2 Å². The minimum absolute atomic E-state index is 0.0156. The lowest BCUT2D eigenvalue weighted by molar-refractivity contribution is -0.143. The number of aromatic nitrogens is 2. The summed E-state index contributed by atoms with van der Waals surface area (Å²) in [6.45, 7) is 7.26. The van der Waals surface area contributed by atoms with Gasteiger partial charge >= 0.3 is 6.01 Å². The maximum atomic E-state index is 17.2. The number of nitrogens with zero attached hydrogens (tertiary/aromatic N) is 6. The first-order chi connectivity index (χ1) is 24.2. The molecule has 2 N–H and O–H groups in total. The molecule has 0 unspecified atom stereocenters. The molecule has 13 heteroatoms. The van der Waals surface area contributed by atoms with Crippen molar-refractivity contribution in [3.63, 3.8) is 0 Å². The predicted octanol–water partition coefficient (Wildman–Crippen LogP) is 7.52. The maximum absolute atomic E-state index is 17.2. The van der Waals surface area contributed by atoms with Crippen LogP contribution in [0.1, 0.15) is 70.3 Å². The largest absolute Gasteiger partial charge is 0.461 e. The van der Waals surface area contributed by atoms with Gasteiger partial charge in [-0.3, -0.25) is 9.69 Å². The molecule has 0 saturated carbocycles. The van der Waals surface area contributed by atoms with Crippen LogP contribution < -0.4 is 15.4 Å². The number of amides is 1. The molecule has 1 amide bonds. The molecule has 0 aliphatic carbocycles. The third kappa shape index (κ3) is 5.44. The average Bonchev–Trinajstić information content (AvgIpc) is 3.71. The smallest absolute Gasteiger partial charge is 0.319 e. The summed E-state index contributed by atoms with van der Waals surface area (Å²) in [6, 6.07) is 6.52. The molecule has 262 valence electrons. The van der Waals surface area contributed by atoms with Crippen LogP contribution in [0, 0.1) is 28.4 Å². The van der Waals surface area contributed by atoms with E-state index in [1.807, 2.05) is 11.8 Å². The van der Waals surface area contributed by atoms with Crippen molar-refractivity contribution in [1.29, 1.82) is 5.26 Å². The molecule has 2 aromatic heterocycles. The number of benzene rings is 2. The lowest BCUT2D eigenvalue weighted by Crippen LogP contribution is -2.62. The Morgan fingerprint density at radius 3 is 2.62 bits per heavy atom. The van der Waals surface area contributed by atoms with E-state index in [2.05, 4.69) is 15.9 Å². The number of nitriles is 1. The third-order valence-electron chi connectivity index (χ3n) is 11.4. The zero-order valence-corrected chi connectivity index (χ0v) is 29.7. The Morgan fingerprint density at radius 2 is 1.88 bits per heavy atom. The van der Waals surface area contributed by atoms with Crippen LogP contribution in [0.5, 0.6) is 6.01 Å². The molecule has 1 spiro atoms. The second-order valence-electron chi connectivity index (χ2n) is 14.6. The van der Waals surface area contributed by atoms with Crippen LogP contribution in [-0.4, -0.2) is 77.1 Å². The summed E-state index contributed by atoms with van der Waals surface area (Å²) >= 11 is 7.91. The van der Waals surface area contributed by atoms with E-state index < -0.39 is 11.6 Å². The minimum Gasteiger partial charge on any atom is -0.461 e.